The molecule has 0 N–H and O–H groups in total. The SMILES string of the molecule is COc1cccc(-c2nccc(C3CCCN3C(=O)c3ccccc3OCc3nonc3C)n2)c1. The highest BCUT2D eigenvalue weighted by Crippen LogP contribution is 2.34. The summed E-state index contributed by atoms with van der Waals surface area (Å²) in [6, 6.07) is 16.6. The topological polar surface area (TPSA) is 103 Å². The van der Waals surface area contributed by atoms with Crippen molar-refractivity contribution < 1.29 is 18.9 Å². The molecular formula is C26H25N5O4. The van der Waals surface area contributed by atoms with E-state index in [4.69, 9.17) is 19.1 Å². The third-order valence-electron chi connectivity index (χ3n) is 6.09. The van der Waals surface area contributed by atoms with Crippen LogP contribution in [0.1, 0.15) is 46.3 Å². The first-order chi connectivity index (χ1) is 17.1. The second-order valence-corrected chi connectivity index (χ2v) is 8.27. The monoisotopic (exact) mass is 471 g/mol. The van der Waals surface area contributed by atoms with Crippen molar-refractivity contribution in [2.45, 2.75) is 32.4 Å². The summed E-state index contributed by atoms with van der Waals surface area (Å²) in [6.45, 7) is 2.60. The molecule has 3 heterocycles. The van der Waals surface area contributed by atoms with Gasteiger partial charge in [0.05, 0.1) is 24.4 Å². The lowest BCUT2D eigenvalue weighted by Gasteiger charge is -2.25. The first kappa shape index (κ1) is 22.5. The molecule has 1 saturated heterocycles. The van der Waals surface area contributed by atoms with Gasteiger partial charge in [-0.05, 0) is 50.1 Å². The molecule has 9 heteroatoms. The van der Waals surface area contributed by atoms with Gasteiger partial charge < -0.3 is 14.4 Å². The Kier molecular flexibility index (Phi) is 6.38. The number of rotatable bonds is 7. The first-order valence-corrected chi connectivity index (χ1v) is 11.4. The van der Waals surface area contributed by atoms with Crippen LogP contribution in [0.2, 0.25) is 0 Å². The molecule has 1 atom stereocenters. The van der Waals surface area contributed by atoms with E-state index >= 15 is 0 Å². The van der Waals surface area contributed by atoms with Crippen LogP contribution < -0.4 is 9.47 Å². The summed E-state index contributed by atoms with van der Waals surface area (Å²) in [7, 11) is 1.63. The van der Waals surface area contributed by atoms with E-state index in [9.17, 15) is 4.79 Å². The highest BCUT2D eigenvalue weighted by Gasteiger charge is 2.33. The van der Waals surface area contributed by atoms with E-state index in [1.165, 1.54) is 0 Å². The van der Waals surface area contributed by atoms with Gasteiger partial charge in [0.2, 0.25) is 0 Å². The van der Waals surface area contributed by atoms with Crippen LogP contribution in [0.15, 0.2) is 65.4 Å². The van der Waals surface area contributed by atoms with Crippen molar-refractivity contribution in [3.8, 4) is 22.9 Å². The van der Waals surface area contributed by atoms with Gasteiger partial charge >= 0.3 is 0 Å². The maximum absolute atomic E-state index is 13.7. The van der Waals surface area contributed by atoms with Crippen LogP contribution in [0, 0.1) is 6.92 Å². The number of hydrogen-bond donors (Lipinski definition) is 0. The standard InChI is InChI=1S/C26H25N5O4/c1-17-22(30-35-29-17)16-34-24-11-4-3-9-20(24)26(32)31-14-6-10-23(31)21-12-13-27-25(28-21)18-7-5-8-19(15-18)33-2/h3-5,7-9,11-13,15,23H,6,10,14,16H2,1-2H3. The number of carbonyl (C=O) groups is 1. The van der Waals surface area contributed by atoms with Crippen molar-refractivity contribution in [1.82, 2.24) is 25.2 Å². The Bertz CT molecular complexity index is 1340. The van der Waals surface area contributed by atoms with Crippen molar-refractivity contribution in [3.05, 3.63) is 83.4 Å². The number of para-hydroxylation sites is 1. The number of aryl methyl sites for hydroxylation is 1. The maximum Gasteiger partial charge on any atom is 0.258 e. The van der Waals surface area contributed by atoms with Crippen LogP contribution in [0.3, 0.4) is 0 Å². The third kappa shape index (κ3) is 4.70. The van der Waals surface area contributed by atoms with Crippen molar-refractivity contribution in [1.29, 1.82) is 0 Å². The highest BCUT2D eigenvalue weighted by molar-refractivity contribution is 5.97. The number of likely N-dealkylation sites (tertiary alicyclic amines) is 1. The molecule has 2 aromatic carbocycles. The predicted molar refractivity (Wildman–Crippen MR) is 127 cm³/mol. The fourth-order valence-corrected chi connectivity index (χ4v) is 4.23. The minimum Gasteiger partial charge on any atom is -0.497 e. The number of methoxy groups -OCH3 is 1. The molecule has 1 aliphatic rings. The molecule has 4 aromatic rings. The molecule has 178 valence electrons. The Labute approximate surface area is 202 Å². The van der Waals surface area contributed by atoms with Crippen LogP contribution in [-0.4, -0.2) is 44.7 Å². The van der Waals surface area contributed by atoms with E-state index in [1.54, 1.807) is 32.4 Å². The molecule has 1 aliphatic heterocycles. The molecule has 0 radical (unpaired) electrons. The van der Waals surface area contributed by atoms with Gasteiger partial charge in [-0.15, -0.1) is 0 Å². The van der Waals surface area contributed by atoms with E-state index in [1.807, 2.05) is 47.4 Å². The average Bonchev–Trinajstić information content (AvgIpc) is 3.56. The van der Waals surface area contributed by atoms with E-state index in [2.05, 4.69) is 15.3 Å². The smallest absolute Gasteiger partial charge is 0.258 e. The molecular weight excluding hydrogens is 446 g/mol. The molecule has 1 amide bonds. The van der Waals surface area contributed by atoms with Crippen molar-refractivity contribution >= 4 is 5.91 Å². The van der Waals surface area contributed by atoms with Crippen LogP contribution in [0.4, 0.5) is 0 Å². The molecule has 0 aliphatic carbocycles. The van der Waals surface area contributed by atoms with E-state index in [0.717, 1.165) is 29.8 Å². The number of ether oxygens (including phenoxy) is 2. The zero-order valence-electron chi connectivity index (χ0n) is 19.5. The first-order valence-electron chi connectivity index (χ1n) is 11.4. The molecule has 0 saturated carbocycles. The molecule has 35 heavy (non-hydrogen) atoms. The van der Waals surface area contributed by atoms with E-state index < -0.39 is 0 Å². The Morgan fingerprint density at radius 3 is 2.86 bits per heavy atom. The van der Waals surface area contributed by atoms with Crippen molar-refractivity contribution in [2.75, 3.05) is 13.7 Å². The Morgan fingerprint density at radius 2 is 2.03 bits per heavy atom. The molecule has 1 unspecified atom stereocenters. The van der Waals surface area contributed by atoms with Crippen LogP contribution in [-0.2, 0) is 6.61 Å². The van der Waals surface area contributed by atoms with Crippen LogP contribution in [0.5, 0.6) is 11.5 Å². The molecule has 9 nitrogen and oxygen atoms in total. The van der Waals surface area contributed by atoms with E-state index in [0.29, 0.717) is 35.1 Å². The minimum atomic E-state index is -0.148. The van der Waals surface area contributed by atoms with E-state index in [-0.39, 0.29) is 18.6 Å². The van der Waals surface area contributed by atoms with Gasteiger partial charge in [-0.25, -0.2) is 14.6 Å². The summed E-state index contributed by atoms with van der Waals surface area (Å²) in [5.41, 5.74) is 3.42. The predicted octanol–water partition coefficient (Wildman–Crippen LogP) is 4.40. The van der Waals surface area contributed by atoms with Crippen molar-refractivity contribution in [3.63, 3.8) is 0 Å². The molecule has 1 fully saturated rings. The summed E-state index contributed by atoms with van der Waals surface area (Å²) in [6.07, 6.45) is 3.46. The fraction of sp³-hybridized carbons (Fsp3) is 0.269. The third-order valence-corrected chi connectivity index (χ3v) is 6.09. The molecule has 2 aromatic heterocycles. The largest absolute Gasteiger partial charge is 0.497 e. The minimum absolute atomic E-state index is 0.0976. The van der Waals surface area contributed by atoms with Gasteiger partial charge in [-0.2, -0.15) is 0 Å². The van der Waals surface area contributed by atoms with Gasteiger partial charge in [0.1, 0.15) is 29.5 Å². The van der Waals surface area contributed by atoms with Gasteiger partial charge in [0, 0.05) is 18.3 Å². The lowest BCUT2D eigenvalue weighted by Crippen LogP contribution is -2.31. The highest BCUT2D eigenvalue weighted by atomic mass is 16.6. The molecule has 0 spiro atoms. The number of hydrogen-bond acceptors (Lipinski definition) is 8. The second-order valence-electron chi connectivity index (χ2n) is 8.27. The molecule has 0 bridgehead atoms. The lowest BCUT2D eigenvalue weighted by molar-refractivity contribution is 0.0728. The quantitative estimate of drug-likeness (QED) is 0.391. The average molecular weight is 472 g/mol. The Morgan fingerprint density at radius 1 is 1.14 bits per heavy atom. The van der Waals surface area contributed by atoms with Crippen molar-refractivity contribution in [2.24, 2.45) is 0 Å². The van der Waals surface area contributed by atoms with Crippen LogP contribution >= 0.6 is 0 Å². The Hall–Kier alpha value is -4.27. The second kappa shape index (κ2) is 9.92. The van der Waals surface area contributed by atoms with Gasteiger partial charge in [0.25, 0.3) is 5.91 Å². The summed E-state index contributed by atoms with van der Waals surface area (Å²) >= 11 is 0. The number of nitrogens with zero attached hydrogens (tertiary/aromatic N) is 5. The molecule has 5 rings (SSSR count). The summed E-state index contributed by atoms with van der Waals surface area (Å²) in [5, 5.41) is 7.62. The summed E-state index contributed by atoms with van der Waals surface area (Å²) in [5.74, 6) is 1.73. The Balaban J connectivity index is 1.39. The number of aromatic nitrogens is 4. The lowest BCUT2D eigenvalue weighted by atomic mass is 10.1. The number of amides is 1. The summed E-state index contributed by atoms with van der Waals surface area (Å²) < 4.78 is 16.0. The van der Waals surface area contributed by atoms with Gasteiger partial charge in [0.15, 0.2) is 5.82 Å². The fourth-order valence-electron chi connectivity index (χ4n) is 4.23. The van der Waals surface area contributed by atoms with Crippen LogP contribution in [0.25, 0.3) is 11.4 Å². The maximum atomic E-state index is 13.7. The van der Waals surface area contributed by atoms with Gasteiger partial charge in [-0.1, -0.05) is 34.6 Å². The normalized spacial score (nSPS) is 15.3. The number of benzene rings is 2. The zero-order chi connectivity index (χ0) is 24.2. The van der Waals surface area contributed by atoms with Gasteiger partial charge in [-0.3, -0.25) is 4.79 Å². The number of carbonyl (C=O) groups excluding carboxylic acids is 1. The summed E-state index contributed by atoms with van der Waals surface area (Å²) in [4.78, 5) is 24.8. The zero-order valence-corrected chi connectivity index (χ0v) is 19.5.